The fourth-order valence-electron chi connectivity index (χ4n) is 3.78. The maximum Gasteiger partial charge on any atom is 0.230 e. The van der Waals surface area contributed by atoms with Crippen molar-refractivity contribution < 1.29 is 4.79 Å². The number of carbonyl (C=O) groups excluding carboxylic acids is 1. The number of aromatic nitrogens is 3. The number of nitrogens with one attached hydrogen (secondary N) is 1. The van der Waals surface area contributed by atoms with Crippen LogP contribution in [-0.2, 0) is 4.79 Å². The lowest BCUT2D eigenvalue weighted by Gasteiger charge is -2.34. The minimum atomic E-state index is 0.115. The molecule has 2 aromatic heterocycles. The Morgan fingerprint density at radius 2 is 2.15 bits per heavy atom. The van der Waals surface area contributed by atoms with E-state index < -0.39 is 0 Å². The average Bonchev–Trinajstić information content (AvgIpc) is 3.16. The van der Waals surface area contributed by atoms with Crippen LogP contribution in [0.15, 0.2) is 22.7 Å². The lowest BCUT2D eigenvalue weighted by atomic mass is 9.78. The Morgan fingerprint density at radius 3 is 2.88 bits per heavy atom. The zero-order chi connectivity index (χ0) is 18.1. The molecule has 2 saturated carbocycles. The number of carbonyl (C=O) groups is 1. The third-order valence-corrected chi connectivity index (χ3v) is 7.51. The van der Waals surface area contributed by atoms with Crippen molar-refractivity contribution in [3.8, 4) is 10.7 Å². The second-order valence-corrected chi connectivity index (χ2v) is 9.50. The quantitative estimate of drug-likeness (QED) is 0.744. The summed E-state index contributed by atoms with van der Waals surface area (Å²) in [5, 5.41) is 15.0. The first-order valence-corrected chi connectivity index (χ1v) is 11.4. The standard InChI is InChI=1S/C19H26N4OS2/c1-12-5-3-6-15(13(12)2)20-17(24)11-26-19-22-21-18(16-7-4-10-25-16)23(19)14-8-9-14/h4,7,10,12-15H,3,5-6,8-9,11H2,1-2H3,(H,20,24). The third kappa shape index (κ3) is 3.83. The first-order valence-electron chi connectivity index (χ1n) is 9.54. The van der Waals surface area contributed by atoms with Gasteiger partial charge in [0.05, 0.1) is 10.6 Å². The zero-order valence-electron chi connectivity index (χ0n) is 15.4. The molecule has 1 N–H and O–H groups in total. The van der Waals surface area contributed by atoms with Crippen LogP contribution in [0.2, 0.25) is 0 Å². The number of thioether (sulfide) groups is 1. The molecule has 4 rings (SSSR count). The molecular weight excluding hydrogens is 364 g/mol. The SMILES string of the molecule is CC1CCCC(NC(=O)CSc2nnc(-c3cccs3)n2C2CC2)C1C. The summed E-state index contributed by atoms with van der Waals surface area (Å²) in [4.78, 5) is 13.6. The molecule has 2 fully saturated rings. The molecule has 140 valence electrons. The van der Waals surface area contributed by atoms with Gasteiger partial charge in [0.2, 0.25) is 5.91 Å². The number of hydrogen-bond donors (Lipinski definition) is 1. The van der Waals surface area contributed by atoms with Crippen LogP contribution in [-0.4, -0.2) is 32.5 Å². The molecule has 0 saturated heterocycles. The summed E-state index contributed by atoms with van der Waals surface area (Å²) in [6.45, 7) is 4.56. The highest BCUT2D eigenvalue weighted by Gasteiger charge is 2.31. The number of amides is 1. The van der Waals surface area contributed by atoms with Crippen molar-refractivity contribution in [2.75, 3.05) is 5.75 Å². The minimum Gasteiger partial charge on any atom is -0.352 e. The fourth-order valence-corrected chi connectivity index (χ4v) is 5.30. The molecule has 2 aliphatic carbocycles. The molecule has 2 heterocycles. The van der Waals surface area contributed by atoms with Crippen molar-refractivity contribution in [2.24, 2.45) is 11.8 Å². The Labute approximate surface area is 163 Å². The number of rotatable bonds is 6. The maximum atomic E-state index is 12.5. The second-order valence-electron chi connectivity index (χ2n) is 7.61. The van der Waals surface area contributed by atoms with E-state index in [0.29, 0.717) is 29.7 Å². The lowest BCUT2D eigenvalue weighted by molar-refractivity contribution is -0.120. The van der Waals surface area contributed by atoms with Crippen molar-refractivity contribution in [2.45, 2.75) is 63.2 Å². The van der Waals surface area contributed by atoms with E-state index in [0.717, 1.165) is 22.3 Å². The highest BCUT2D eigenvalue weighted by molar-refractivity contribution is 7.99. The highest BCUT2D eigenvalue weighted by atomic mass is 32.2. The number of thiophene rings is 1. The molecule has 5 nitrogen and oxygen atoms in total. The molecule has 3 atom stereocenters. The molecule has 2 aliphatic rings. The molecular formula is C19H26N4OS2. The van der Waals surface area contributed by atoms with Crippen molar-refractivity contribution in [3.05, 3.63) is 17.5 Å². The fraction of sp³-hybridized carbons (Fsp3) is 0.632. The van der Waals surface area contributed by atoms with E-state index in [2.05, 4.69) is 45.4 Å². The molecule has 0 spiro atoms. The van der Waals surface area contributed by atoms with Crippen LogP contribution in [0.3, 0.4) is 0 Å². The van der Waals surface area contributed by atoms with E-state index in [1.165, 1.54) is 37.4 Å². The van der Waals surface area contributed by atoms with Crippen molar-refractivity contribution in [1.82, 2.24) is 20.1 Å². The van der Waals surface area contributed by atoms with Crippen LogP contribution in [0.5, 0.6) is 0 Å². The van der Waals surface area contributed by atoms with Crippen LogP contribution in [0.1, 0.15) is 52.0 Å². The molecule has 3 unspecified atom stereocenters. The minimum absolute atomic E-state index is 0.115. The van der Waals surface area contributed by atoms with Gasteiger partial charge in [0.1, 0.15) is 0 Å². The number of hydrogen-bond acceptors (Lipinski definition) is 5. The summed E-state index contributed by atoms with van der Waals surface area (Å²) >= 11 is 3.20. The Balaban J connectivity index is 1.39. The van der Waals surface area contributed by atoms with E-state index in [-0.39, 0.29) is 5.91 Å². The first kappa shape index (κ1) is 18.0. The smallest absolute Gasteiger partial charge is 0.230 e. The predicted molar refractivity (Wildman–Crippen MR) is 106 cm³/mol. The van der Waals surface area contributed by atoms with E-state index in [1.807, 2.05) is 6.07 Å². The van der Waals surface area contributed by atoms with Crippen LogP contribution < -0.4 is 5.32 Å². The highest BCUT2D eigenvalue weighted by Crippen LogP contribution is 2.41. The largest absolute Gasteiger partial charge is 0.352 e. The van der Waals surface area contributed by atoms with Crippen LogP contribution in [0.4, 0.5) is 0 Å². The van der Waals surface area contributed by atoms with Gasteiger partial charge in [0.15, 0.2) is 11.0 Å². The van der Waals surface area contributed by atoms with E-state index in [1.54, 1.807) is 11.3 Å². The molecule has 1 amide bonds. The average molecular weight is 391 g/mol. The van der Waals surface area contributed by atoms with Gasteiger partial charge in [-0.25, -0.2) is 0 Å². The molecule has 26 heavy (non-hydrogen) atoms. The van der Waals surface area contributed by atoms with Crippen LogP contribution in [0, 0.1) is 11.8 Å². The first-order chi connectivity index (χ1) is 12.6. The Hall–Kier alpha value is -1.34. The van der Waals surface area contributed by atoms with Crippen molar-refractivity contribution in [1.29, 1.82) is 0 Å². The predicted octanol–water partition coefficient (Wildman–Crippen LogP) is 4.37. The van der Waals surface area contributed by atoms with Gasteiger partial charge in [0, 0.05) is 12.1 Å². The second kappa shape index (κ2) is 7.72. The summed E-state index contributed by atoms with van der Waals surface area (Å²) in [7, 11) is 0. The maximum absolute atomic E-state index is 12.5. The van der Waals surface area contributed by atoms with Gasteiger partial charge in [-0.2, -0.15) is 0 Å². The third-order valence-electron chi connectivity index (χ3n) is 5.70. The van der Waals surface area contributed by atoms with Crippen molar-refractivity contribution >= 4 is 29.0 Å². The van der Waals surface area contributed by atoms with Gasteiger partial charge in [-0.1, -0.05) is 44.5 Å². The Morgan fingerprint density at radius 1 is 1.31 bits per heavy atom. The molecule has 0 aliphatic heterocycles. The van der Waals surface area contributed by atoms with E-state index in [4.69, 9.17) is 0 Å². The molecule has 0 aromatic carbocycles. The van der Waals surface area contributed by atoms with Crippen LogP contribution >= 0.6 is 23.1 Å². The van der Waals surface area contributed by atoms with Gasteiger partial charge in [-0.3, -0.25) is 9.36 Å². The van der Waals surface area contributed by atoms with Gasteiger partial charge < -0.3 is 5.32 Å². The molecule has 0 bridgehead atoms. The van der Waals surface area contributed by atoms with E-state index >= 15 is 0 Å². The normalized spacial score (nSPS) is 26.0. The van der Waals surface area contributed by atoms with Crippen molar-refractivity contribution in [3.63, 3.8) is 0 Å². The van der Waals surface area contributed by atoms with Crippen LogP contribution in [0.25, 0.3) is 10.7 Å². The molecule has 0 radical (unpaired) electrons. The summed E-state index contributed by atoms with van der Waals surface area (Å²) in [6, 6.07) is 4.93. The Bertz CT molecular complexity index is 754. The summed E-state index contributed by atoms with van der Waals surface area (Å²) in [5.74, 6) is 2.71. The Kier molecular flexibility index (Phi) is 5.36. The summed E-state index contributed by atoms with van der Waals surface area (Å²) in [5.41, 5.74) is 0. The topological polar surface area (TPSA) is 59.8 Å². The monoisotopic (exact) mass is 390 g/mol. The van der Waals surface area contributed by atoms with Gasteiger partial charge in [-0.15, -0.1) is 21.5 Å². The van der Waals surface area contributed by atoms with Gasteiger partial charge >= 0.3 is 0 Å². The number of nitrogens with zero attached hydrogens (tertiary/aromatic N) is 3. The van der Waals surface area contributed by atoms with E-state index in [9.17, 15) is 4.79 Å². The summed E-state index contributed by atoms with van der Waals surface area (Å²) in [6.07, 6.45) is 5.94. The molecule has 2 aromatic rings. The van der Waals surface area contributed by atoms with Gasteiger partial charge in [0.25, 0.3) is 0 Å². The molecule has 7 heteroatoms. The zero-order valence-corrected chi connectivity index (χ0v) is 17.0. The summed E-state index contributed by atoms with van der Waals surface area (Å²) < 4.78 is 2.23. The lowest BCUT2D eigenvalue weighted by Crippen LogP contribution is -2.44. The van der Waals surface area contributed by atoms with Gasteiger partial charge in [-0.05, 0) is 42.5 Å².